The van der Waals surface area contributed by atoms with Crippen LogP contribution in [0.1, 0.15) is 60.3 Å². The third-order valence-corrected chi connectivity index (χ3v) is 4.36. The van der Waals surface area contributed by atoms with Crippen LogP contribution in [0.15, 0.2) is 0 Å². The predicted octanol–water partition coefficient (Wildman–Crippen LogP) is 2.97. The fourth-order valence-corrected chi connectivity index (χ4v) is 3.40. The van der Waals surface area contributed by atoms with Crippen molar-refractivity contribution in [2.24, 2.45) is 11.8 Å². The predicted molar refractivity (Wildman–Crippen MR) is 87.5 cm³/mol. The monoisotopic (exact) mass is 298 g/mol. The zero-order chi connectivity index (χ0) is 16.0. The molecule has 0 bridgehead atoms. The van der Waals surface area contributed by atoms with Crippen molar-refractivity contribution < 1.29 is 9.90 Å². The van der Waals surface area contributed by atoms with Crippen molar-refractivity contribution in [2.75, 3.05) is 13.1 Å². The molecular weight excluding hydrogens is 264 g/mol. The lowest BCUT2D eigenvalue weighted by Crippen LogP contribution is -2.55. The maximum atomic E-state index is 10.9. The molecule has 1 saturated carbocycles. The molecule has 0 aromatic carbocycles. The van der Waals surface area contributed by atoms with Gasteiger partial charge in [-0.05, 0) is 44.1 Å². The van der Waals surface area contributed by atoms with Gasteiger partial charge in [0, 0.05) is 18.1 Å². The first-order chi connectivity index (χ1) is 9.81. The molecule has 0 radical (unpaired) electrons. The average molecular weight is 298 g/mol. The Kier molecular flexibility index (Phi) is 7.67. The number of nitrogens with one attached hydrogen (secondary N) is 1. The summed E-state index contributed by atoms with van der Waals surface area (Å²) in [5.74, 6) is 0.721. The van der Waals surface area contributed by atoms with Crippen LogP contribution < -0.4 is 5.32 Å². The van der Waals surface area contributed by atoms with E-state index in [1.807, 2.05) is 6.92 Å². The van der Waals surface area contributed by atoms with Gasteiger partial charge in [0.1, 0.15) is 0 Å². The number of likely N-dealkylation sites (N-methyl/N-ethyl adjacent to an activating group) is 1. The van der Waals surface area contributed by atoms with Crippen LogP contribution in [0.2, 0.25) is 0 Å². The van der Waals surface area contributed by atoms with Crippen molar-refractivity contribution in [1.82, 2.24) is 10.2 Å². The van der Waals surface area contributed by atoms with Crippen molar-refractivity contribution in [3.63, 3.8) is 0 Å². The van der Waals surface area contributed by atoms with Crippen LogP contribution in [0, 0.1) is 11.8 Å². The third-order valence-electron chi connectivity index (χ3n) is 4.36. The molecule has 0 aromatic rings. The fourth-order valence-electron chi connectivity index (χ4n) is 3.40. The van der Waals surface area contributed by atoms with Crippen molar-refractivity contribution in [3.8, 4) is 0 Å². The highest BCUT2D eigenvalue weighted by Gasteiger charge is 2.34. The molecule has 124 valence electrons. The number of rotatable bonds is 10. The second kappa shape index (κ2) is 8.74. The summed E-state index contributed by atoms with van der Waals surface area (Å²) in [4.78, 5) is 12.9. The Morgan fingerprint density at radius 3 is 2.10 bits per heavy atom. The summed E-state index contributed by atoms with van der Waals surface area (Å²) in [5.41, 5.74) is 0. The van der Waals surface area contributed by atoms with E-state index in [4.69, 9.17) is 5.11 Å². The van der Waals surface area contributed by atoms with E-state index in [1.54, 1.807) is 0 Å². The molecule has 0 amide bonds. The van der Waals surface area contributed by atoms with Crippen LogP contribution in [-0.4, -0.2) is 47.2 Å². The normalized spacial score (nSPS) is 22.3. The standard InChI is InChI=1S/C17H34N2O2/c1-6-19(11-17(20)21)16-9-15(10-16)18-14(7-12(2)3)8-13(4)5/h12-16,18H,6-11H2,1-5H3,(H,20,21). The van der Waals surface area contributed by atoms with E-state index >= 15 is 0 Å². The van der Waals surface area contributed by atoms with Crippen molar-refractivity contribution >= 4 is 5.97 Å². The molecule has 0 saturated heterocycles. The van der Waals surface area contributed by atoms with Crippen LogP contribution in [0.3, 0.4) is 0 Å². The van der Waals surface area contributed by atoms with Crippen molar-refractivity contribution in [1.29, 1.82) is 0 Å². The third kappa shape index (κ3) is 6.79. The molecule has 1 fully saturated rings. The molecule has 4 nitrogen and oxygen atoms in total. The minimum atomic E-state index is -0.717. The van der Waals surface area contributed by atoms with Gasteiger partial charge in [0.2, 0.25) is 0 Å². The van der Waals surface area contributed by atoms with Gasteiger partial charge in [-0.25, -0.2) is 0 Å². The van der Waals surface area contributed by atoms with Gasteiger partial charge < -0.3 is 10.4 Å². The van der Waals surface area contributed by atoms with Gasteiger partial charge in [0.05, 0.1) is 6.54 Å². The van der Waals surface area contributed by atoms with E-state index in [1.165, 1.54) is 12.8 Å². The SMILES string of the molecule is CCN(CC(=O)O)C1CC(NC(CC(C)C)CC(C)C)C1. The molecule has 21 heavy (non-hydrogen) atoms. The van der Waals surface area contributed by atoms with Gasteiger partial charge in [-0.2, -0.15) is 0 Å². The van der Waals surface area contributed by atoms with E-state index in [2.05, 4.69) is 37.9 Å². The Hall–Kier alpha value is -0.610. The quantitative estimate of drug-likeness (QED) is 0.651. The molecule has 4 heteroatoms. The van der Waals surface area contributed by atoms with Gasteiger partial charge >= 0.3 is 5.97 Å². The molecule has 1 aliphatic rings. The molecule has 1 aliphatic carbocycles. The van der Waals surface area contributed by atoms with Crippen LogP contribution in [-0.2, 0) is 4.79 Å². The van der Waals surface area contributed by atoms with E-state index in [9.17, 15) is 4.79 Å². The van der Waals surface area contributed by atoms with Crippen LogP contribution in [0.4, 0.5) is 0 Å². The number of hydrogen-bond donors (Lipinski definition) is 2. The summed E-state index contributed by atoms with van der Waals surface area (Å²) in [5, 5.41) is 12.7. The van der Waals surface area contributed by atoms with E-state index in [-0.39, 0.29) is 6.54 Å². The first kappa shape index (κ1) is 18.4. The number of carboxylic acids is 1. The number of hydrogen-bond acceptors (Lipinski definition) is 3. The number of carbonyl (C=O) groups is 1. The molecule has 0 spiro atoms. The summed E-state index contributed by atoms with van der Waals surface area (Å²) in [6.07, 6.45) is 4.64. The molecule has 0 aliphatic heterocycles. The van der Waals surface area contributed by atoms with E-state index in [0.29, 0.717) is 18.1 Å². The number of aliphatic carboxylic acids is 1. The van der Waals surface area contributed by atoms with Crippen LogP contribution in [0.5, 0.6) is 0 Å². The highest BCUT2D eigenvalue weighted by molar-refractivity contribution is 5.69. The first-order valence-electron chi connectivity index (χ1n) is 8.53. The summed E-state index contributed by atoms with van der Waals surface area (Å²) in [7, 11) is 0. The van der Waals surface area contributed by atoms with Crippen molar-refractivity contribution in [2.45, 2.75) is 78.4 Å². The lowest BCUT2D eigenvalue weighted by Gasteiger charge is -2.44. The van der Waals surface area contributed by atoms with Gasteiger partial charge in [0.15, 0.2) is 0 Å². The second-order valence-electron chi connectivity index (χ2n) is 7.40. The number of carboxylic acid groups (broad SMARTS) is 1. The van der Waals surface area contributed by atoms with Crippen LogP contribution >= 0.6 is 0 Å². The fraction of sp³-hybridized carbons (Fsp3) is 0.941. The lowest BCUT2D eigenvalue weighted by atomic mass is 9.83. The smallest absolute Gasteiger partial charge is 0.317 e. The highest BCUT2D eigenvalue weighted by atomic mass is 16.4. The van der Waals surface area contributed by atoms with E-state index < -0.39 is 5.97 Å². The lowest BCUT2D eigenvalue weighted by molar-refractivity contribution is -0.139. The van der Waals surface area contributed by atoms with Gasteiger partial charge in [0.25, 0.3) is 0 Å². The topological polar surface area (TPSA) is 52.6 Å². The summed E-state index contributed by atoms with van der Waals surface area (Å²) in [6, 6.07) is 1.62. The number of nitrogens with zero attached hydrogens (tertiary/aromatic N) is 1. The van der Waals surface area contributed by atoms with Gasteiger partial charge in [-0.15, -0.1) is 0 Å². The van der Waals surface area contributed by atoms with Crippen LogP contribution in [0.25, 0.3) is 0 Å². The Morgan fingerprint density at radius 2 is 1.71 bits per heavy atom. The summed E-state index contributed by atoms with van der Waals surface area (Å²) >= 11 is 0. The van der Waals surface area contributed by atoms with Gasteiger partial charge in [-0.3, -0.25) is 9.69 Å². The molecule has 0 heterocycles. The average Bonchev–Trinajstić information content (AvgIpc) is 2.28. The highest BCUT2D eigenvalue weighted by Crippen LogP contribution is 2.27. The van der Waals surface area contributed by atoms with Gasteiger partial charge in [-0.1, -0.05) is 34.6 Å². The maximum Gasteiger partial charge on any atom is 0.317 e. The summed E-state index contributed by atoms with van der Waals surface area (Å²) < 4.78 is 0. The second-order valence-corrected chi connectivity index (χ2v) is 7.40. The molecule has 0 aromatic heterocycles. The Bertz CT molecular complexity index is 302. The first-order valence-corrected chi connectivity index (χ1v) is 8.53. The Balaban J connectivity index is 2.38. The molecule has 1 rings (SSSR count). The molecular formula is C17H34N2O2. The largest absolute Gasteiger partial charge is 0.480 e. The zero-order valence-corrected chi connectivity index (χ0v) is 14.4. The Morgan fingerprint density at radius 1 is 1.19 bits per heavy atom. The summed E-state index contributed by atoms with van der Waals surface area (Å²) in [6.45, 7) is 12.2. The molecule has 2 N–H and O–H groups in total. The molecule has 0 unspecified atom stereocenters. The van der Waals surface area contributed by atoms with Crippen molar-refractivity contribution in [3.05, 3.63) is 0 Å². The maximum absolute atomic E-state index is 10.9. The van der Waals surface area contributed by atoms with E-state index in [0.717, 1.165) is 31.2 Å². The Labute approximate surface area is 130 Å². The molecule has 0 atom stereocenters. The minimum Gasteiger partial charge on any atom is -0.480 e. The minimum absolute atomic E-state index is 0.176. The zero-order valence-electron chi connectivity index (χ0n) is 14.4.